The van der Waals surface area contributed by atoms with E-state index in [0.29, 0.717) is 15.7 Å². The van der Waals surface area contributed by atoms with E-state index in [2.05, 4.69) is 31.2 Å². The Balaban J connectivity index is 2.49. The van der Waals surface area contributed by atoms with Crippen molar-refractivity contribution in [1.29, 1.82) is 0 Å². The molecule has 0 aliphatic carbocycles. The fraction of sp³-hybridized carbons (Fsp3) is 0.286. The topological polar surface area (TPSA) is 83.3 Å². The molecule has 0 spiro atoms. The third kappa shape index (κ3) is 3.50. The van der Waals surface area contributed by atoms with Gasteiger partial charge in [0.2, 0.25) is 4.77 Å². The summed E-state index contributed by atoms with van der Waals surface area (Å²) >= 11 is 8.29. The number of aromatic nitrogens is 3. The van der Waals surface area contributed by atoms with Gasteiger partial charge in [0.05, 0.1) is 10.7 Å². The summed E-state index contributed by atoms with van der Waals surface area (Å²) in [5, 5.41) is 20.2. The van der Waals surface area contributed by atoms with Crippen molar-refractivity contribution in [3.05, 3.63) is 49.1 Å². The molecule has 2 aromatic rings. The fourth-order valence-electron chi connectivity index (χ4n) is 1.71. The number of phenolic OH excluding ortho intramolecular Hbond substituents is 1. The van der Waals surface area contributed by atoms with E-state index in [1.807, 2.05) is 20.8 Å². The van der Waals surface area contributed by atoms with Crippen molar-refractivity contribution in [1.82, 2.24) is 14.9 Å². The monoisotopic (exact) mass is 382 g/mol. The molecule has 1 aromatic carbocycles. The predicted molar refractivity (Wildman–Crippen MR) is 91.2 cm³/mol. The van der Waals surface area contributed by atoms with Gasteiger partial charge in [0.1, 0.15) is 11.4 Å². The highest BCUT2D eigenvalue weighted by atomic mass is 79.9. The number of nitrogens with one attached hydrogen (secondary N) is 1. The SMILES string of the molecule is CC(C)(C)c1n[nH]c(=S)n(/N=C\c2ccc(O)c(Br)c2)c1=O. The predicted octanol–water partition coefficient (Wildman–Crippen LogP) is 2.95. The molecule has 0 amide bonds. The Morgan fingerprint density at radius 2 is 2.14 bits per heavy atom. The zero-order valence-corrected chi connectivity index (χ0v) is 14.7. The standard InChI is InChI=1S/C14H15BrN4O2S/c1-14(2,3)11-12(21)19(13(22)18-17-11)16-7-8-4-5-10(20)9(15)6-8/h4-7,20H,1-3H3,(H,18,22)/b16-7-. The van der Waals surface area contributed by atoms with Gasteiger partial charge in [-0.2, -0.15) is 14.9 Å². The highest BCUT2D eigenvalue weighted by molar-refractivity contribution is 9.10. The molecular formula is C14H15BrN4O2S. The van der Waals surface area contributed by atoms with E-state index in [1.54, 1.807) is 12.1 Å². The third-order valence-electron chi connectivity index (χ3n) is 2.86. The van der Waals surface area contributed by atoms with E-state index < -0.39 is 5.41 Å². The highest BCUT2D eigenvalue weighted by Gasteiger charge is 2.21. The number of hydrogen-bond acceptors (Lipinski definition) is 5. The number of H-pyrrole nitrogens is 1. The molecule has 116 valence electrons. The van der Waals surface area contributed by atoms with Crippen LogP contribution in [0.1, 0.15) is 32.0 Å². The van der Waals surface area contributed by atoms with Gasteiger partial charge in [0.15, 0.2) is 0 Å². The maximum atomic E-state index is 12.4. The van der Waals surface area contributed by atoms with Gasteiger partial charge < -0.3 is 5.11 Å². The van der Waals surface area contributed by atoms with Gasteiger partial charge in [-0.1, -0.05) is 20.8 Å². The number of hydrogen-bond donors (Lipinski definition) is 2. The van der Waals surface area contributed by atoms with Gasteiger partial charge in [0.25, 0.3) is 5.56 Å². The number of phenols is 1. The number of nitrogens with zero attached hydrogens (tertiary/aromatic N) is 3. The first-order valence-electron chi connectivity index (χ1n) is 6.45. The first kappa shape index (κ1) is 16.6. The van der Waals surface area contributed by atoms with Gasteiger partial charge in [-0.3, -0.25) is 9.89 Å². The number of aromatic hydroxyl groups is 1. The molecule has 0 aliphatic rings. The van der Waals surface area contributed by atoms with E-state index in [4.69, 9.17) is 12.2 Å². The average molecular weight is 383 g/mol. The van der Waals surface area contributed by atoms with Crippen molar-refractivity contribution >= 4 is 34.4 Å². The molecule has 0 unspecified atom stereocenters. The van der Waals surface area contributed by atoms with Crippen LogP contribution in [-0.2, 0) is 5.41 Å². The summed E-state index contributed by atoms with van der Waals surface area (Å²) in [6.45, 7) is 5.66. The minimum atomic E-state index is -0.421. The van der Waals surface area contributed by atoms with Gasteiger partial charge in [-0.05, 0) is 51.9 Å². The first-order chi connectivity index (χ1) is 10.2. The van der Waals surface area contributed by atoms with E-state index in [-0.39, 0.29) is 16.1 Å². The zero-order valence-electron chi connectivity index (χ0n) is 12.3. The van der Waals surface area contributed by atoms with Crippen LogP contribution in [0.15, 0.2) is 32.6 Å². The minimum absolute atomic E-state index is 0.118. The molecule has 22 heavy (non-hydrogen) atoms. The van der Waals surface area contributed by atoms with Crippen LogP contribution >= 0.6 is 28.1 Å². The molecule has 0 bridgehead atoms. The summed E-state index contributed by atoms with van der Waals surface area (Å²) in [4.78, 5) is 12.4. The Bertz CT molecular complexity index is 849. The first-order valence-corrected chi connectivity index (χ1v) is 7.65. The average Bonchev–Trinajstić information content (AvgIpc) is 2.41. The number of aromatic amines is 1. The maximum absolute atomic E-state index is 12.4. The highest BCUT2D eigenvalue weighted by Crippen LogP contribution is 2.23. The quantitative estimate of drug-likeness (QED) is 0.617. The molecule has 8 heteroatoms. The van der Waals surface area contributed by atoms with Crippen molar-refractivity contribution in [2.45, 2.75) is 26.2 Å². The smallest absolute Gasteiger partial charge is 0.297 e. The van der Waals surface area contributed by atoms with E-state index in [9.17, 15) is 9.90 Å². The van der Waals surface area contributed by atoms with Gasteiger partial charge in [0, 0.05) is 5.41 Å². The lowest BCUT2D eigenvalue weighted by molar-refractivity contribution is 0.472. The van der Waals surface area contributed by atoms with E-state index >= 15 is 0 Å². The maximum Gasteiger partial charge on any atom is 0.297 e. The summed E-state index contributed by atoms with van der Waals surface area (Å²) < 4.78 is 1.76. The van der Waals surface area contributed by atoms with Crippen molar-refractivity contribution in [3.63, 3.8) is 0 Å². The Hall–Kier alpha value is -1.80. The number of rotatable bonds is 2. The van der Waals surface area contributed by atoms with E-state index in [0.717, 1.165) is 4.68 Å². The molecule has 0 fully saturated rings. The van der Waals surface area contributed by atoms with Crippen LogP contribution in [0.5, 0.6) is 5.75 Å². The van der Waals surface area contributed by atoms with Crippen LogP contribution in [0.25, 0.3) is 0 Å². The number of halogens is 1. The van der Waals surface area contributed by atoms with Gasteiger partial charge in [-0.15, -0.1) is 0 Å². The largest absolute Gasteiger partial charge is 0.507 e. The molecule has 0 atom stereocenters. The lowest BCUT2D eigenvalue weighted by atomic mass is 9.93. The third-order valence-corrected chi connectivity index (χ3v) is 3.75. The molecular weight excluding hydrogens is 368 g/mol. The van der Waals surface area contributed by atoms with Crippen molar-refractivity contribution in [2.75, 3.05) is 0 Å². The van der Waals surface area contributed by atoms with Gasteiger partial charge >= 0.3 is 0 Å². The second-order valence-corrected chi connectivity index (χ2v) is 6.94. The Labute approximate surface area is 140 Å². The zero-order chi connectivity index (χ0) is 16.5. The van der Waals surface area contributed by atoms with Crippen LogP contribution in [0.3, 0.4) is 0 Å². The van der Waals surface area contributed by atoms with Crippen molar-refractivity contribution in [2.24, 2.45) is 5.10 Å². The summed E-state index contributed by atoms with van der Waals surface area (Å²) in [6, 6.07) is 4.89. The lowest BCUT2D eigenvalue weighted by Crippen LogP contribution is -2.32. The molecule has 6 nitrogen and oxygen atoms in total. The summed E-state index contributed by atoms with van der Waals surface area (Å²) in [6.07, 6.45) is 1.49. The Morgan fingerprint density at radius 1 is 1.45 bits per heavy atom. The van der Waals surface area contributed by atoms with Crippen LogP contribution < -0.4 is 5.56 Å². The molecule has 1 aromatic heterocycles. The number of benzene rings is 1. The van der Waals surface area contributed by atoms with Crippen molar-refractivity contribution in [3.8, 4) is 5.75 Å². The summed E-state index contributed by atoms with van der Waals surface area (Å²) in [5.41, 5.74) is 0.283. The van der Waals surface area contributed by atoms with E-state index in [1.165, 1.54) is 12.3 Å². The Morgan fingerprint density at radius 3 is 2.73 bits per heavy atom. The molecule has 0 saturated carbocycles. The van der Waals surface area contributed by atoms with Crippen LogP contribution in [-0.4, -0.2) is 26.2 Å². The molecule has 2 N–H and O–H groups in total. The second-order valence-electron chi connectivity index (χ2n) is 5.70. The molecule has 1 heterocycles. The van der Waals surface area contributed by atoms with Crippen molar-refractivity contribution < 1.29 is 5.11 Å². The second kappa shape index (κ2) is 6.13. The summed E-state index contributed by atoms with van der Waals surface area (Å²) in [5.74, 6) is 0.130. The fourth-order valence-corrected chi connectivity index (χ4v) is 2.28. The molecule has 0 radical (unpaired) electrons. The lowest BCUT2D eigenvalue weighted by Gasteiger charge is -2.16. The molecule has 0 aliphatic heterocycles. The van der Waals surface area contributed by atoms with Gasteiger partial charge in [-0.25, -0.2) is 0 Å². The Kier molecular flexibility index (Phi) is 4.62. The normalized spacial score (nSPS) is 12.0. The molecule has 0 saturated heterocycles. The van der Waals surface area contributed by atoms with Crippen LogP contribution in [0, 0.1) is 4.77 Å². The molecule has 2 rings (SSSR count). The minimum Gasteiger partial charge on any atom is -0.507 e. The summed E-state index contributed by atoms with van der Waals surface area (Å²) in [7, 11) is 0. The van der Waals surface area contributed by atoms with Crippen LogP contribution in [0.4, 0.5) is 0 Å². The van der Waals surface area contributed by atoms with Crippen LogP contribution in [0.2, 0.25) is 0 Å².